The molecule has 0 bridgehead atoms. The fourth-order valence-electron chi connectivity index (χ4n) is 3.33. The van der Waals surface area contributed by atoms with Gasteiger partial charge in [-0.05, 0) is 62.2 Å². The maximum atomic E-state index is 13.2. The van der Waals surface area contributed by atoms with Crippen molar-refractivity contribution in [3.8, 4) is 0 Å². The first-order chi connectivity index (χ1) is 12.6. The van der Waals surface area contributed by atoms with Gasteiger partial charge in [-0.25, -0.2) is 0 Å². The molecule has 1 unspecified atom stereocenters. The predicted molar refractivity (Wildman–Crippen MR) is 105 cm³/mol. The minimum atomic E-state index is 0.0757. The first kappa shape index (κ1) is 19.2. The normalized spacial score (nSPS) is 17.5. The number of carbonyl (C=O) groups is 1. The fraction of sp³-hybridized carbons (Fsp3) is 0.400. The molecule has 4 nitrogen and oxygen atoms in total. The number of carbonyl (C=O) groups excluding carboxylic acids is 1. The molecule has 1 aromatic heterocycles. The number of hydrogen-bond donors (Lipinski definition) is 1. The number of pyridine rings is 1. The highest BCUT2D eigenvalue weighted by molar-refractivity contribution is 6.35. The van der Waals surface area contributed by atoms with Gasteiger partial charge in [0.25, 0.3) is 0 Å². The maximum Gasteiger partial charge on any atom is 0.227 e. The molecule has 1 fully saturated rings. The van der Waals surface area contributed by atoms with Crippen molar-refractivity contribution in [1.82, 2.24) is 15.2 Å². The van der Waals surface area contributed by atoms with Crippen LogP contribution in [0, 0.1) is 0 Å². The lowest BCUT2D eigenvalue weighted by Gasteiger charge is -2.31. The Bertz CT molecular complexity index is 731. The first-order valence-electron chi connectivity index (χ1n) is 8.97. The van der Waals surface area contributed by atoms with Gasteiger partial charge in [0.05, 0.1) is 18.7 Å². The highest BCUT2D eigenvalue weighted by atomic mass is 35.5. The van der Waals surface area contributed by atoms with E-state index in [0.29, 0.717) is 16.6 Å². The van der Waals surface area contributed by atoms with Gasteiger partial charge in [-0.15, -0.1) is 0 Å². The number of hydrogen-bond acceptors (Lipinski definition) is 3. The molecule has 138 valence electrons. The van der Waals surface area contributed by atoms with Crippen LogP contribution in [0.25, 0.3) is 0 Å². The van der Waals surface area contributed by atoms with Gasteiger partial charge in [-0.3, -0.25) is 9.78 Å². The second kappa shape index (κ2) is 9.36. The molecule has 1 amide bonds. The largest absolute Gasteiger partial charge is 0.333 e. The predicted octanol–water partition coefficient (Wildman–Crippen LogP) is 4.10. The van der Waals surface area contributed by atoms with Gasteiger partial charge < -0.3 is 10.2 Å². The van der Waals surface area contributed by atoms with Crippen molar-refractivity contribution in [1.29, 1.82) is 0 Å². The van der Waals surface area contributed by atoms with Crippen molar-refractivity contribution in [3.63, 3.8) is 0 Å². The van der Waals surface area contributed by atoms with E-state index in [9.17, 15) is 4.79 Å². The third kappa shape index (κ3) is 5.19. The summed E-state index contributed by atoms with van der Waals surface area (Å²) in [5.74, 6) is 0.0757. The Balaban J connectivity index is 1.79. The Kier molecular flexibility index (Phi) is 6.89. The Labute approximate surface area is 164 Å². The van der Waals surface area contributed by atoms with Gasteiger partial charge in [-0.2, -0.15) is 0 Å². The van der Waals surface area contributed by atoms with E-state index in [4.69, 9.17) is 23.2 Å². The van der Waals surface area contributed by atoms with Crippen LogP contribution >= 0.6 is 23.2 Å². The molecule has 1 aliphatic rings. The molecular weight excluding hydrogens is 369 g/mol. The molecule has 0 radical (unpaired) electrons. The zero-order valence-electron chi connectivity index (χ0n) is 14.6. The van der Waals surface area contributed by atoms with Crippen LogP contribution in [0.5, 0.6) is 0 Å². The van der Waals surface area contributed by atoms with Crippen molar-refractivity contribution in [2.75, 3.05) is 13.1 Å². The van der Waals surface area contributed by atoms with Gasteiger partial charge in [-0.1, -0.05) is 35.3 Å². The zero-order chi connectivity index (χ0) is 18.4. The number of amides is 1. The number of nitrogens with one attached hydrogen (secondary N) is 1. The molecule has 0 aliphatic carbocycles. The molecule has 0 spiro atoms. The van der Waals surface area contributed by atoms with E-state index in [2.05, 4.69) is 10.3 Å². The highest BCUT2D eigenvalue weighted by Gasteiger charge is 2.25. The molecule has 1 aromatic carbocycles. The van der Waals surface area contributed by atoms with Crippen LogP contribution in [0.2, 0.25) is 10.0 Å². The molecule has 26 heavy (non-hydrogen) atoms. The maximum absolute atomic E-state index is 13.2. The average Bonchev–Trinajstić information content (AvgIpc) is 2.92. The number of rotatable bonds is 5. The van der Waals surface area contributed by atoms with Crippen LogP contribution < -0.4 is 5.32 Å². The van der Waals surface area contributed by atoms with Crippen molar-refractivity contribution < 1.29 is 4.79 Å². The molecule has 6 heteroatoms. The highest BCUT2D eigenvalue weighted by Crippen LogP contribution is 2.24. The van der Waals surface area contributed by atoms with Gasteiger partial charge in [0.1, 0.15) is 0 Å². The van der Waals surface area contributed by atoms with E-state index in [0.717, 1.165) is 43.6 Å². The minimum absolute atomic E-state index is 0.0757. The SMILES string of the molecule is O=C(Cc1ccc(Cl)cc1Cl)N(Cc1ccccn1)C1CCCNCC1. The second-order valence-electron chi connectivity index (χ2n) is 6.59. The number of nitrogens with zero attached hydrogens (tertiary/aromatic N) is 2. The van der Waals surface area contributed by atoms with Gasteiger partial charge in [0.2, 0.25) is 5.91 Å². The van der Waals surface area contributed by atoms with Crippen LogP contribution in [0.1, 0.15) is 30.5 Å². The van der Waals surface area contributed by atoms with Crippen molar-refractivity contribution in [2.45, 2.75) is 38.3 Å². The molecule has 2 heterocycles. The quantitative estimate of drug-likeness (QED) is 0.833. The van der Waals surface area contributed by atoms with Gasteiger partial charge in [0, 0.05) is 22.3 Å². The van der Waals surface area contributed by atoms with E-state index in [-0.39, 0.29) is 18.4 Å². The van der Waals surface area contributed by atoms with Crippen molar-refractivity contribution in [2.24, 2.45) is 0 Å². The molecule has 1 N–H and O–H groups in total. The second-order valence-corrected chi connectivity index (χ2v) is 7.43. The lowest BCUT2D eigenvalue weighted by atomic mass is 10.0. The third-order valence-electron chi connectivity index (χ3n) is 4.72. The van der Waals surface area contributed by atoms with Gasteiger partial charge >= 0.3 is 0 Å². The molecule has 0 saturated carbocycles. The fourth-order valence-corrected chi connectivity index (χ4v) is 3.80. The van der Waals surface area contributed by atoms with Crippen LogP contribution in [0.4, 0.5) is 0 Å². The number of halogens is 2. The third-order valence-corrected chi connectivity index (χ3v) is 5.31. The summed E-state index contributed by atoms with van der Waals surface area (Å²) >= 11 is 12.2. The summed E-state index contributed by atoms with van der Waals surface area (Å²) in [4.78, 5) is 19.5. The summed E-state index contributed by atoms with van der Waals surface area (Å²) in [7, 11) is 0. The topological polar surface area (TPSA) is 45.2 Å². The summed E-state index contributed by atoms with van der Waals surface area (Å²) in [6, 6.07) is 11.3. The van der Waals surface area contributed by atoms with E-state index in [1.165, 1.54) is 0 Å². The van der Waals surface area contributed by atoms with Crippen LogP contribution in [0.3, 0.4) is 0 Å². The zero-order valence-corrected chi connectivity index (χ0v) is 16.1. The molecule has 1 aliphatic heterocycles. The minimum Gasteiger partial charge on any atom is -0.333 e. The summed E-state index contributed by atoms with van der Waals surface area (Å²) in [5, 5.41) is 4.52. The standard InChI is InChI=1S/C20H23Cl2N3O/c21-16-7-6-15(19(22)13-16)12-20(26)25(14-17-4-1-2-10-24-17)18-5-3-9-23-11-8-18/h1-2,4,6-7,10,13,18,23H,3,5,8-9,11-12,14H2. The van der Waals surface area contributed by atoms with Crippen LogP contribution in [-0.2, 0) is 17.8 Å². The molecule has 1 atom stereocenters. The smallest absolute Gasteiger partial charge is 0.227 e. The molecule has 2 aromatic rings. The molecule has 1 saturated heterocycles. The Hall–Kier alpha value is -1.62. The molecule has 3 rings (SSSR count). The lowest BCUT2D eigenvalue weighted by Crippen LogP contribution is -2.41. The molecular formula is C20H23Cl2N3O. The van der Waals surface area contributed by atoms with Crippen molar-refractivity contribution in [3.05, 3.63) is 63.9 Å². The van der Waals surface area contributed by atoms with E-state index in [1.54, 1.807) is 18.3 Å². The summed E-state index contributed by atoms with van der Waals surface area (Å²) < 4.78 is 0. The average molecular weight is 392 g/mol. The Morgan fingerprint density at radius 3 is 2.85 bits per heavy atom. The number of benzene rings is 1. The van der Waals surface area contributed by atoms with E-state index < -0.39 is 0 Å². The Morgan fingerprint density at radius 1 is 1.19 bits per heavy atom. The van der Waals surface area contributed by atoms with Crippen molar-refractivity contribution >= 4 is 29.1 Å². The monoisotopic (exact) mass is 391 g/mol. The van der Waals surface area contributed by atoms with Crippen LogP contribution in [-0.4, -0.2) is 34.9 Å². The first-order valence-corrected chi connectivity index (χ1v) is 9.73. The van der Waals surface area contributed by atoms with Crippen LogP contribution in [0.15, 0.2) is 42.6 Å². The summed E-state index contributed by atoms with van der Waals surface area (Å²) in [6.45, 7) is 2.46. The van der Waals surface area contributed by atoms with E-state index in [1.807, 2.05) is 29.2 Å². The van der Waals surface area contributed by atoms with Gasteiger partial charge in [0.15, 0.2) is 0 Å². The summed E-state index contributed by atoms with van der Waals surface area (Å²) in [6.07, 6.45) is 5.06. The van der Waals surface area contributed by atoms with E-state index >= 15 is 0 Å². The lowest BCUT2D eigenvalue weighted by molar-refractivity contribution is -0.133. The number of aromatic nitrogens is 1. The summed E-state index contributed by atoms with van der Waals surface area (Å²) in [5.41, 5.74) is 1.71. The Morgan fingerprint density at radius 2 is 2.08 bits per heavy atom.